The second-order valence-electron chi connectivity index (χ2n) is 2.95. The molecule has 3 nitrogen and oxygen atoms in total. The van der Waals surface area contributed by atoms with Gasteiger partial charge in [0.1, 0.15) is 0 Å². The second kappa shape index (κ2) is 3.20. The quantitative estimate of drug-likeness (QED) is 0.587. The van der Waals surface area contributed by atoms with E-state index in [0.717, 1.165) is 3.57 Å². The van der Waals surface area contributed by atoms with Crippen LogP contribution in [0.1, 0.15) is 20.7 Å². The van der Waals surface area contributed by atoms with Crippen LogP contribution in [-0.2, 0) is 0 Å². The number of hydrogen-bond donors (Lipinski definition) is 1. The lowest BCUT2D eigenvalue weighted by Crippen LogP contribution is -2.14. The summed E-state index contributed by atoms with van der Waals surface area (Å²) in [5.41, 5.74) is 6.87. The first-order chi connectivity index (χ1) is 6.61. The van der Waals surface area contributed by atoms with E-state index in [-0.39, 0.29) is 11.6 Å². The number of allylic oxidation sites excluding steroid dienone is 2. The van der Waals surface area contributed by atoms with Crippen LogP contribution in [0.4, 0.5) is 5.69 Å². The Morgan fingerprint density at radius 2 is 1.71 bits per heavy atom. The first-order valence-electron chi connectivity index (χ1n) is 3.96. The van der Waals surface area contributed by atoms with Gasteiger partial charge in [-0.05, 0) is 46.9 Å². The molecule has 1 aliphatic rings. The maximum atomic E-state index is 11.5. The van der Waals surface area contributed by atoms with Gasteiger partial charge in [0.05, 0.1) is 11.3 Å². The van der Waals surface area contributed by atoms with Gasteiger partial charge in [-0.1, -0.05) is 0 Å². The Bertz CT molecular complexity index is 477. The van der Waals surface area contributed by atoms with E-state index in [1.165, 1.54) is 12.2 Å². The van der Waals surface area contributed by atoms with Gasteiger partial charge < -0.3 is 5.73 Å². The van der Waals surface area contributed by atoms with E-state index >= 15 is 0 Å². The minimum Gasteiger partial charge on any atom is -0.397 e. The number of nitrogen functional groups attached to an aromatic ring is 1. The lowest BCUT2D eigenvalue weighted by atomic mass is 9.93. The molecule has 14 heavy (non-hydrogen) atoms. The maximum absolute atomic E-state index is 11.5. The number of nitrogens with two attached hydrogens (primary N) is 1. The molecule has 0 saturated heterocycles. The minimum absolute atomic E-state index is 0.164. The summed E-state index contributed by atoms with van der Waals surface area (Å²) in [5.74, 6) is -0.363. The summed E-state index contributed by atoms with van der Waals surface area (Å²) in [6.45, 7) is 0. The number of ketones is 2. The van der Waals surface area contributed by atoms with Gasteiger partial charge in [0.15, 0.2) is 11.6 Å². The van der Waals surface area contributed by atoms with Gasteiger partial charge in [0, 0.05) is 9.13 Å². The SMILES string of the molecule is Nc1c(I)ccc2c1C(=O)C=CC2=O. The number of halogens is 1. The highest BCUT2D eigenvalue weighted by molar-refractivity contribution is 14.1. The summed E-state index contributed by atoms with van der Waals surface area (Å²) in [6.07, 6.45) is 2.54. The highest BCUT2D eigenvalue weighted by Crippen LogP contribution is 2.27. The summed E-state index contributed by atoms with van der Waals surface area (Å²) in [6, 6.07) is 3.37. The van der Waals surface area contributed by atoms with Crippen molar-refractivity contribution in [2.45, 2.75) is 0 Å². The number of rotatable bonds is 0. The molecule has 0 saturated carbocycles. The van der Waals surface area contributed by atoms with E-state index in [4.69, 9.17) is 5.73 Å². The van der Waals surface area contributed by atoms with Crippen LogP contribution >= 0.6 is 22.6 Å². The van der Waals surface area contributed by atoms with Crippen molar-refractivity contribution in [3.05, 3.63) is 39.0 Å². The normalized spacial score (nSPS) is 14.4. The smallest absolute Gasteiger partial charge is 0.188 e. The molecule has 1 aromatic rings. The van der Waals surface area contributed by atoms with Gasteiger partial charge in [-0.15, -0.1) is 0 Å². The molecule has 1 aromatic carbocycles. The van der Waals surface area contributed by atoms with Crippen LogP contribution in [-0.4, -0.2) is 11.6 Å². The zero-order valence-corrected chi connectivity index (χ0v) is 9.24. The Morgan fingerprint density at radius 1 is 1.07 bits per heavy atom. The van der Waals surface area contributed by atoms with Crippen LogP contribution in [0.2, 0.25) is 0 Å². The minimum atomic E-state index is -0.199. The van der Waals surface area contributed by atoms with Crippen molar-refractivity contribution in [2.24, 2.45) is 0 Å². The highest BCUT2D eigenvalue weighted by atomic mass is 127. The Labute approximate surface area is 94.1 Å². The van der Waals surface area contributed by atoms with E-state index in [2.05, 4.69) is 0 Å². The van der Waals surface area contributed by atoms with Crippen LogP contribution in [0.25, 0.3) is 0 Å². The molecule has 0 unspecified atom stereocenters. The molecule has 2 N–H and O–H groups in total. The van der Waals surface area contributed by atoms with E-state index in [0.29, 0.717) is 16.8 Å². The molecule has 70 valence electrons. The Morgan fingerprint density at radius 3 is 2.43 bits per heavy atom. The van der Waals surface area contributed by atoms with Gasteiger partial charge in [0.2, 0.25) is 0 Å². The Kier molecular flexibility index (Phi) is 2.14. The first kappa shape index (κ1) is 9.39. The van der Waals surface area contributed by atoms with Gasteiger partial charge in [-0.2, -0.15) is 0 Å². The van der Waals surface area contributed by atoms with Gasteiger partial charge in [-0.3, -0.25) is 9.59 Å². The van der Waals surface area contributed by atoms with Crippen molar-refractivity contribution in [1.82, 2.24) is 0 Å². The third kappa shape index (κ3) is 1.26. The van der Waals surface area contributed by atoms with E-state index < -0.39 is 0 Å². The molecule has 0 amide bonds. The molecule has 4 heteroatoms. The molecule has 0 aliphatic heterocycles. The fraction of sp³-hybridized carbons (Fsp3) is 0. The van der Waals surface area contributed by atoms with Crippen molar-refractivity contribution < 1.29 is 9.59 Å². The van der Waals surface area contributed by atoms with Crippen LogP contribution in [0.15, 0.2) is 24.3 Å². The lowest BCUT2D eigenvalue weighted by molar-refractivity contribution is 0.0994. The fourth-order valence-electron chi connectivity index (χ4n) is 1.39. The maximum Gasteiger partial charge on any atom is 0.188 e. The number of carbonyl (C=O) groups excluding carboxylic acids is 2. The average Bonchev–Trinajstić information content (AvgIpc) is 2.16. The molecule has 0 radical (unpaired) electrons. The summed E-state index contributed by atoms with van der Waals surface area (Å²) in [7, 11) is 0. The summed E-state index contributed by atoms with van der Waals surface area (Å²) in [4.78, 5) is 22.9. The zero-order chi connectivity index (χ0) is 10.3. The Balaban J connectivity index is 2.79. The molecular formula is C10H6INO2. The van der Waals surface area contributed by atoms with Crippen LogP contribution < -0.4 is 5.73 Å². The lowest BCUT2D eigenvalue weighted by Gasteiger charge is -2.12. The topological polar surface area (TPSA) is 60.2 Å². The summed E-state index contributed by atoms with van der Waals surface area (Å²) in [5, 5.41) is 0. The fourth-order valence-corrected chi connectivity index (χ4v) is 1.84. The molecule has 0 spiro atoms. The van der Waals surface area contributed by atoms with Crippen LogP contribution in [0.5, 0.6) is 0 Å². The number of benzene rings is 1. The van der Waals surface area contributed by atoms with Gasteiger partial charge in [-0.25, -0.2) is 0 Å². The molecule has 2 rings (SSSR count). The third-order valence-corrected chi connectivity index (χ3v) is 3.03. The number of hydrogen-bond acceptors (Lipinski definition) is 3. The standard InChI is InChI=1S/C10H6INO2/c11-6-2-1-5-7(13)3-4-8(14)9(5)10(6)12/h1-4H,12H2. The van der Waals surface area contributed by atoms with Crippen molar-refractivity contribution in [2.75, 3.05) is 5.73 Å². The second-order valence-corrected chi connectivity index (χ2v) is 4.11. The largest absolute Gasteiger partial charge is 0.397 e. The number of anilines is 1. The number of fused-ring (bicyclic) bond motifs is 1. The van der Waals surface area contributed by atoms with E-state index in [1.54, 1.807) is 12.1 Å². The molecule has 0 heterocycles. The molecular weight excluding hydrogens is 293 g/mol. The third-order valence-electron chi connectivity index (χ3n) is 2.09. The molecule has 0 aromatic heterocycles. The van der Waals surface area contributed by atoms with Gasteiger partial charge in [0.25, 0.3) is 0 Å². The molecule has 1 aliphatic carbocycles. The highest BCUT2D eigenvalue weighted by Gasteiger charge is 2.22. The molecule has 0 fully saturated rings. The monoisotopic (exact) mass is 299 g/mol. The summed E-state index contributed by atoms with van der Waals surface area (Å²) >= 11 is 2.03. The Hall–Kier alpha value is -1.17. The van der Waals surface area contributed by atoms with Crippen molar-refractivity contribution >= 4 is 39.8 Å². The van der Waals surface area contributed by atoms with Crippen LogP contribution in [0, 0.1) is 3.57 Å². The van der Waals surface area contributed by atoms with Gasteiger partial charge >= 0.3 is 0 Å². The van der Waals surface area contributed by atoms with Crippen LogP contribution in [0.3, 0.4) is 0 Å². The predicted molar refractivity (Wildman–Crippen MR) is 61.4 cm³/mol. The molecule has 0 atom stereocenters. The van der Waals surface area contributed by atoms with Crippen molar-refractivity contribution in [3.63, 3.8) is 0 Å². The number of carbonyl (C=O) groups is 2. The molecule has 0 bridgehead atoms. The van der Waals surface area contributed by atoms with E-state index in [1.807, 2.05) is 22.6 Å². The van der Waals surface area contributed by atoms with Crippen molar-refractivity contribution in [3.8, 4) is 0 Å². The zero-order valence-electron chi connectivity index (χ0n) is 7.08. The van der Waals surface area contributed by atoms with E-state index in [9.17, 15) is 9.59 Å². The summed E-state index contributed by atoms with van der Waals surface area (Å²) < 4.78 is 0.790. The van der Waals surface area contributed by atoms with Crippen molar-refractivity contribution in [1.29, 1.82) is 0 Å². The average molecular weight is 299 g/mol. The predicted octanol–water partition coefficient (Wildman–Crippen LogP) is 1.81. The first-order valence-corrected chi connectivity index (χ1v) is 5.04.